The van der Waals surface area contributed by atoms with E-state index in [2.05, 4.69) is 20.9 Å². The predicted octanol–water partition coefficient (Wildman–Crippen LogP) is 3.40. The van der Waals surface area contributed by atoms with Gasteiger partial charge in [-0.25, -0.2) is 9.37 Å². The monoisotopic (exact) mass is 324 g/mol. The fourth-order valence-electron chi connectivity index (χ4n) is 2.24. The third kappa shape index (κ3) is 2.72. The second-order valence-electron chi connectivity index (χ2n) is 4.91. The van der Waals surface area contributed by atoms with Crippen LogP contribution in [0.15, 0.2) is 35.2 Å². The molecule has 1 aromatic carbocycles. The molecule has 100 valence electrons. The van der Waals surface area contributed by atoms with Crippen LogP contribution in [0.4, 0.5) is 4.39 Å². The van der Waals surface area contributed by atoms with Gasteiger partial charge in [-0.15, -0.1) is 0 Å². The summed E-state index contributed by atoms with van der Waals surface area (Å²) in [5, 5.41) is 10.3. The molecule has 0 saturated heterocycles. The first kappa shape index (κ1) is 12.8. The minimum atomic E-state index is -0.730. The Hall–Kier alpha value is -1.20. The summed E-state index contributed by atoms with van der Waals surface area (Å²) in [6.45, 7) is 0. The van der Waals surface area contributed by atoms with Gasteiger partial charge in [0.25, 0.3) is 0 Å². The third-order valence-corrected chi connectivity index (χ3v) is 3.89. The van der Waals surface area contributed by atoms with Crippen LogP contribution in [0.3, 0.4) is 0 Å². The molecule has 3 rings (SSSR count). The molecule has 0 bridgehead atoms. The zero-order valence-electron chi connectivity index (χ0n) is 10.3. The number of aromatic nitrogens is 2. The van der Waals surface area contributed by atoms with Gasteiger partial charge in [-0.3, -0.25) is 0 Å². The van der Waals surface area contributed by atoms with Crippen LogP contribution in [0.25, 0.3) is 0 Å². The van der Waals surface area contributed by atoms with E-state index in [1.807, 2.05) is 4.57 Å². The Bertz CT molecular complexity index is 595. The quantitative estimate of drug-likeness (QED) is 0.936. The Morgan fingerprint density at radius 1 is 1.47 bits per heavy atom. The van der Waals surface area contributed by atoms with E-state index in [4.69, 9.17) is 0 Å². The molecule has 1 aliphatic carbocycles. The van der Waals surface area contributed by atoms with E-state index in [0.717, 1.165) is 23.0 Å². The van der Waals surface area contributed by atoms with Crippen LogP contribution in [0.2, 0.25) is 0 Å². The summed E-state index contributed by atoms with van der Waals surface area (Å²) in [7, 11) is 0. The molecule has 1 heterocycles. The molecule has 1 unspecified atom stereocenters. The largest absolute Gasteiger partial charge is 0.386 e. The molecule has 1 saturated carbocycles. The molecule has 1 aromatic heterocycles. The summed E-state index contributed by atoms with van der Waals surface area (Å²) in [5.74, 6) is -0.292. The minimum absolute atomic E-state index is 0.254. The van der Waals surface area contributed by atoms with Gasteiger partial charge in [0.2, 0.25) is 0 Å². The van der Waals surface area contributed by atoms with Crippen molar-refractivity contribution < 1.29 is 9.50 Å². The van der Waals surface area contributed by atoms with Crippen molar-refractivity contribution in [1.29, 1.82) is 0 Å². The number of hydrogen-bond acceptors (Lipinski definition) is 2. The molecule has 0 amide bonds. The van der Waals surface area contributed by atoms with Gasteiger partial charge in [0.1, 0.15) is 5.82 Å². The fourth-order valence-corrected chi connectivity index (χ4v) is 2.65. The van der Waals surface area contributed by atoms with Crippen LogP contribution < -0.4 is 0 Å². The standard InChI is InChI=1S/C14H14BrFN2O/c15-10-1-4-12(16)9(5-10)6-14(19)13-7-17-8-18(13)11-2-3-11/h1,4-5,7-8,11,14,19H,2-3,6H2. The highest BCUT2D eigenvalue weighted by Crippen LogP contribution is 2.37. The van der Waals surface area contributed by atoms with E-state index in [-0.39, 0.29) is 12.2 Å². The van der Waals surface area contributed by atoms with Crippen molar-refractivity contribution in [2.45, 2.75) is 31.4 Å². The Kier molecular flexibility index (Phi) is 3.41. The van der Waals surface area contributed by atoms with E-state index in [0.29, 0.717) is 11.6 Å². The Labute approximate surface area is 119 Å². The summed E-state index contributed by atoms with van der Waals surface area (Å²) in [4.78, 5) is 4.09. The minimum Gasteiger partial charge on any atom is -0.386 e. The third-order valence-electron chi connectivity index (χ3n) is 3.40. The molecule has 0 radical (unpaired) electrons. The average Bonchev–Trinajstić information content (AvgIpc) is 3.11. The van der Waals surface area contributed by atoms with Crippen molar-refractivity contribution in [1.82, 2.24) is 9.55 Å². The lowest BCUT2D eigenvalue weighted by Gasteiger charge is -2.14. The highest BCUT2D eigenvalue weighted by molar-refractivity contribution is 9.10. The van der Waals surface area contributed by atoms with Gasteiger partial charge in [-0.1, -0.05) is 15.9 Å². The molecule has 1 atom stereocenters. The summed E-state index contributed by atoms with van der Waals surface area (Å²) in [6, 6.07) is 5.22. The van der Waals surface area contributed by atoms with Crippen molar-refractivity contribution in [2.75, 3.05) is 0 Å². The molecule has 19 heavy (non-hydrogen) atoms. The number of rotatable bonds is 4. The Morgan fingerprint density at radius 3 is 3.00 bits per heavy atom. The van der Waals surface area contributed by atoms with Gasteiger partial charge in [-0.05, 0) is 36.6 Å². The molecule has 1 aliphatic rings. The first-order valence-electron chi connectivity index (χ1n) is 6.29. The van der Waals surface area contributed by atoms with Crippen LogP contribution in [-0.4, -0.2) is 14.7 Å². The van der Waals surface area contributed by atoms with Crippen LogP contribution in [0, 0.1) is 5.82 Å². The molecule has 1 fully saturated rings. The number of nitrogens with zero attached hydrogens (tertiary/aromatic N) is 2. The molecular formula is C14H14BrFN2O. The van der Waals surface area contributed by atoms with Gasteiger partial charge < -0.3 is 9.67 Å². The summed E-state index contributed by atoms with van der Waals surface area (Å²) in [6.07, 6.45) is 5.19. The Balaban J connectivity index is 1.82. The summed E-state index contributed by atoms with van der Waals surface area (Å²) >= 11 is 3.32. The number of hydrogen-bond donors (Lipinski definition) is 1. The smallest absolute Gasteiger partial charge is 0.126 e. The summed E-state index contributed by atoms with van der Waals surface area (Å²) in [5.41, 5.74) is 1.27. The Morgan fingerprint density at radius 2 is 2.26 bits per heavy atom. The van der Waals surface area contributed by atoms with Crippen molar-refractivity contribution >= 4 is 15.9 Å². The van der Waals surface area contributed by atoms with Gasteiger partial charge >= 0.3 is 0 Å². The van der Waals surface area contributed by atoms with E-state index < -0.39 is 6.10 Å². The highest BCUT2D eigenvalue weighted by Gasteiger charge is 2.27. The molecule has 3 nitrogen and oxygen atoms in total. The van der Waals surface area contributed by atoms with Gasteiger partial charge in [0.05, 0.1) is 24.3 Å². The SMILES string of the molecule is OC(Cc1cc(Br)ccc1F)c1cncn1C1CC1. The van der Waals surface area contributed by atoms with E-state index in [1.165, 1.54) is 6.07 Å². The fraction of sp³-hybridized carbons (Fsp3) is 0.357. The lowest BCUT2D eigenvalue weighted by atomic mass is 10.1. The van der Waals surface area contributed by atoms with Crippen LogP contribution in [0.5, 0.6) is 0 Å². The lowest BCUT2D eigenvalue weighted by Crippen LogP contribution is -2.09. The lowest BCUT2D eigenvalue weighted by molar-refractivity contribution is 0.167. The normalized spacial score (nSPS) is 16.6. The van der Waals surface area contributed by atoms with E-state index in [9.17, 15) is 9.50 Å². The van der Waals surface area contributed by atoms with Gasteiger partial charge in [0, 0.05) is 16.9 Å². The van der Waals surface area contributed by atoms with Crippen LogP contribution in [0.1, 0.15) is 36.2 Å². The van der Waals surface area contributed by atoms with E-state index >= 15 is 0 Å². The molecular weight excluding hydrogens is 311 g/mol. The zero-order valence-corrected chi connectivity index (χ0v) is 11.8. The zero-order chi connectivity index (χ0) is 13.4. The second kappa shape index (κ2) is 5.06. The number of aliphatic hydroxyl groups excluding tert-OH is 1. The van der Waals surface area contributed by atoms with Crippen molar-refractivity contribution in [3.8, 4) is 0 Å². The average molecular weight is 325 g/mol. The topological polar surface area (TPSA) is 38.1 Å². The first-order valence-corrected chi connectivity index (χ1v) is 7.08. The van der Waals surface area contributed by atoms with Gasteiger partial charge in [-0.2, -0.15) is 0 Å². The van der Waals surface area contributed by atoms with E-state index in [1.54, 1.807) is 24.7 Å². The molecule has 1 N–H and O–H groups in total. The first-order chi connectivity index (χ1) is 9.15. The highest BCUT2D eigenvalue weighted by atomic mass is 79.9. The molecule has 0 aliphatic heterocycles. The maximum atomic E-state index is 13.7. The maximum Gasteiger partial charge on any atom is 0.126 e. The number of halogens is 2. The predicted molar refractivity (Wildman–Crippen MR) is 73.3 cm³/mol. The van der Waals surface area contributed by atoms with Crippen molar-refractivity contribution in [3.05, 3.63) is 52.3 Å². The number of imidazole rings is 1. The number of aliphatic hydroxyl groups is 1. The molecule has 5 heteroatoms. The van der Waals surface area contributed by atoms with Gasteiger partial charge in [0.15, 0.2) is 0 Å². The summed E-state index contributed by atoms with van der Waals surface area (Å²) < 4.78 is 16.5. The van der Waals surface area contributed by atoms with Crippen LogP contribution >= 0.6 is 15.9 Å². The maximum absolute atomic E-state index is 13.7. The van der Waals surface area contributed by atoms with Crippen molar-refractivity contribution in [3.63, 3.8) is 0 Å². The van der Waals surface area contributed by atoms with Crippen LogP contribution in [-0.2, 0) is 6.42 Å². The molecule has 2 aromatic rings. The number of benzene rings is 1. The molecule has 0 spiro atoms. The second-order valence-corrected chi connectivity index (χ2v) is 5.83. The van der Waals surface area contributed by atoms with Crippen molar-refractivity contribution in [2.24, 2.45) is 0 Å².